The first kappa shape index (κ1) is 35.1. The summed E-state index contributed by atoms with van der Waals surface area (Å²) in [7, 11) is 1.75. The van der Waals surface area contributed by atoms with E-state index in [-0.39, 0.29) is 59.8 Å². The van der Waals surface area contributed by atoms with Crippen LogP contribution in [0.2, 0.25) is 0 Å². The summed E-state index contributed by atoms with van der Waals surface area (Å²) in [6, 6.07) is -1.55. The number of likely N-dealkylation sites (N-methyl/N-ethyl adjacent to an activating group) is 1. The van der Waals surface area contributed by atoms with Crippen molar-refractivity contribution >= 4 is 23.7 Å². The molecular weight excluding hydrogens is 544 g/mol. The van der Waals surface area contributed by atoms with E-state index in [4.69, 9.17) is 4.74 Å². The van der Waals surface area contributed by atoms with Crippen molar-refractivity contribution in [3.63, 3.8) is 0 Å². The first-order valence-electron chi connectivity index (χ1n) is 16.9. The van der Waals surface area contributed by atoms with Crippen LogP contribution in [0.15, 0.2) is 11.6 Å². The molecule has 1 aliphatic carbocycles. The zero-order chi connectivity index (χ0) is 31.8. The number of hydrogen-bond donors (Lipinski definition) is 1. The first-order chi connectivity index (χ1) is 20.3. The van der Waals surface area contributed by atoms with Gasteiger partial charge in [-0.2, -0.15) is 0 Å². The van der Waals surface area contributed by atoms with Crippen molar-refractivity contribution in [2.75, 3.05) is 20.1 Å². The number of nitrogens with one attached hydrogen (secondary N) is 1. The Bertz CT molecular complexity index is 1000. The minimum Gasteiger partial charge on any atom is -0.461 e. The summed E-state index contributed by atoms with van der Waals surface area (Å²) in [5, 5.41) is 3.10. The molecule has 1 N–H and O–H groups in total. The van der Waals surface area contributed by atoms with Crippen molar-refractivity contribution in [2.45, 2.75) is 149 Å². The molecule has 2 unspecified atom stereocenters. The van der Waals surface area contributed by atoms with Crippen molar-refractivity contribution in [3.8, 4) is 0 Å². The van der Waals surface area contributed by atoms with E-state index in [2.05, 4.69) is 24.1 Å². The molecule has 1 saturated carbocycles. The number of ether oxygens (including phenoxy) is 1. The SMILES string of the molecule is C/C(=C\[C@H](C(C)C)N(C)C(=O)C(NC(=O)[C@H]1CCCCN1C(C)C)C(C)C)C(=O)N1CCCC1C(=O)OC1CCCCC1. The smallest absolute Gasteiger partial charge is 0.329 e. The minimum atomic E-state index is -0.670. The Morgan fingerprint density at radius 3 is 2.05 bits per heavy atom. The van der Waals surface area contributed by atoms with Crippen LogP contribution in [0.1, 0.15) is 113 Å². The van der Waals surface area contributed by atoms with E-state index < -0.39 is 12.1 Å². The van der Waals surface area contributed by atoms with Gasteiger partial charge in [-0.15, -0.1) is 0 Å². The summed E-state index contributed by atoms with van der Waals surface area (Å²) >= 11 is 0. The van der Waals surface area contributed by atoms with Gasteiger partial charge < -0.3 is 19.9 Å². The van der Waals surface area contributed by atoms with Crippen LogP contribution in [-0.2, 0) is 23.9 Å². The lowest BCUT2D eigenvalue weighted by Crippen LogP contribution is -2.58. The van der Waals surface area contributed by atoms with Gasteiger partial charge in [0, 0.05) is 25.2 Å². The number of nitrogens with zero attached hydrogens (tertiary/aromatic N) is 3. The third-order valence-corrected chi connectivity index (χ3v) is 9.60. The van der Waals surface area contributed by atoms with Crippen LogP contribution in [-0.4, -0.2) is 94.8 Å². The van der Waals surface area contributed by atoms with E-state index in [0.29, 0.717) is 18.5 Å². The molecule has 3 fully saturated rings. The molecule has 0 aromatic rings. The highest BCUT2D eigenvalue weighted by atomic mass is 16.5. The summed E-state index contributed by atoms with van der Waals surface area (Å²) in [5.41, 5.74) is 0.510. The lowest BCUT2D eigenvalue weighted by Gasteiger charge is -2.39. The second-order valence-electron chi connectivity index (χ2n) is 14.0. The Morgan fingerprint density at radius 1 is 0.814 bits per heavy atom. The van der Waals surface area contributed by atoms with Crippen molar-refractivity contribution < 1.29 is 23.9 Å². The average Bonchev–Trinajstić information content (AvgIpc) is 3.47. The number of amides is 3. The molecule has 0 aromatic heterocycles. The third-order valence-electron chi connectivity index (χ3n) is 9.60. The Balaban J connectivity index is 1.71. The highest BCUT2D eigenvalue weighted by Gasteiger charge is 2.39. The highest BCUT2D eigenvalue weighted by molar-refractivity contribution is 5.96. The number of carbonyl (C=O) groups excluding carboxylic acids is 4. The van der Waals surface area contributed by atoms with Gasteiger partial charge in [-0.3, -0.25) is 19.3 Å². The van der Waals surface area contributed by atoms with E-state index in [1.807, 2.05) is 33.8 Å². The lowest BCUT2D eigenvalue weighted by molar-refractivity contribution is -0.158. The molecule has 3 aliphatic rings. The number of hydrogen-bond acceptors (Lipinski definition) is 6. The van der Waals surface area contributed by atoms with Gasteiger partial charge in [0.2, 0.25) is 17.7 Å². The van der Waals surface area contributed by atoms with Gasteiger partial charge >= 0.3 is 5.97 Å². The van der Waals surface area contributed by atoms with E-state index in [1.54, 1.807) is 23.8 Å². The van der Waals surface area contributed by atoms with Crippen LogP contribution in [0, 0.1) is 11.8 Å². The third kappa shape index (κ3) is 9.05. The van der Waals surface area contributed by atoms with E-state index in [9.17, 15) is 19.2 Å². The molecule has 0 radical (unpaired) electrons. The fraction of sp³-hybridized carbons (Fsp3) is 0.824. The monoisotopic (exact) mass is 602 g/mol. The molecule has 2 heterocycles. The zero-order valence-electron chi connectivity index (χ0n) is 28.1. The van der Waals surface area contributed by atoms with Gasteiger partial charge in [0.25, 0.3) is 0 Å². The lowest BCUT2D eigenvalue weighted by atomic mass is 9.95. The van der Waals surface area contributed by atoms with Crippen molar-refractivity contribution in [1.29, 1.82) is 0 Å². The largest absolute Gasteiger partial charge is 0.461 e. The van der Waals surface area contributed by atoms with Crippen LogP contribution in [0.3, 0.4) is 0 Å². The summed E-state index contributed by atoms with van der Waals surface area (Å²) < 4.78 is 5.83. The van der Waals surface area contributed by atoms with Gasteiger partial charge in [0.1, 0.15) is 18.2 Å². The van der Waals surface area contributed by atoms with Crippen molar-refractivity contribution in [3.05, 3.63) is 11.6 Å². The zero-order valence-corrected chi connectivity index (χ0v) is 28.1. The maximum absolute atomic E-state index is 13.9. The van der Waals surface area contributed by atoms with Gasteiger partial charge in [-0.05, 0) is 90.5 Å². The molecule has 244 valence electrons. The maximum atomic E-state index is 13.9. The summed E-state index contributed by atoms with van der Waals surface area (Å²) in [6.07, 6.45) is 11.2. The second-order valence-corrected chi connectivity index (χ2v) is 14.0. The van der Waals surface area contributed by atoms with Crippen molar-refractivity contribution in [2.24, 2.45) is 11.8 Å². The standard InChI is InChI=1S/C34H58N4O5/c1-22(2)29(21-25(7)32(40)38-20-14-18-28(38)34(42)43-26-15-10-9-11-16-26)36(8)33(41)30(23(3)4)35-31(39)27-17-12-13-19-37(27)24(5)6/h21-24,26-30H,9-20H2,1-8H3,(H,35,39)/b25-21+/t27-,28?,29-,30?/m1/s1. The van der Waals surface area contributed by atoms with Gasteiger partial charge in [-0.25, -0.2) is 4.79 Å². The van der Waals surface area contributed by atoms with Gasteiger partial charge in [0.05, 0.1) is 12.1 Å². The Morgan fingerprint density at radius 2 is 1.44 bits per heavy atom. The highest BCUT2D eigenvalue weighted by Crippen LogP contribution is 2.26. The average molecular weight is 603 g/mol. The second kappa shape index (κ2) is 16.1. The molecule has 2 saturated heterocycles. The first-order valence-corrected chi connectivity index (χ1v) is 16.9. The Kier molecular flexibility index (Phi) is 13.1. The number of rotatable bonds is 11. The van der Waals surface area contributed by atoms with Crippen molar-refractivity contribution in [1.82, 2.24) is 20.0 Å². The Hall–Kier alpha value is -2.42. The van der Waals surface area contributed by atoms with Crippen LogP contribution >= 0.6 is 0 Å². The van der Waals surface area contributed by atoms with Gasteiger partial charge in [0.15, 0.2) is 0 Å². The molecule has 3 amide bonds. The minimum absolute atomic E-state index is 0.0284. The Labute approximate surface area is 260 Å². The molecule has 3 rings (SSSR count). The summed E-state index contributed by atoms with van der Waals surface area (Å²) in [5.74, 6) is -0.801. The summed E-state index contributed by atoms with van der Waals surface area (Å²) in [6.45, 7) is 15.3. The van der Waals surface area contributed by atoms with Crippen LogP contribution < -0.4 is 5.32 Å². The topological polar surface area (TPSA) is 99.3 Å². The van der Waals surface area contributed by atoms with Crippen LogP contribution in [0.4, 0.5) is 0 Å². The van der Waals surface area contributed by atoms with E-state index in [0.717, 1.165) is 57.9 Å². The predicted octanol–water partition coefficient (Wildman–Crippen LogP) is 4.69. The molecular formula is C34H58N4O5. The molecule has 0 spiro atoms. The number of likely N-dealkylation sites (tertiary alicyclic amines) is 2. The summed E-state index contributed by atoms with van der Waals surface area (Å²) in [4.78, 5) is 59.6. The van der Waals surface area contributed by atoms with Gasteiger partial charge in [-0.1, -0.05) is 46.6 Å². The van der Waals surface area contributed by atoms with E-state index >= 15 is 0 Å². The molecule has 4 atom stereocenters. The normalized spacial score (nSPS) is 23.9. The fourth-order valence-corrected chi connectivity index (χ4v) is 6.97. The molecule has 0 aromatic carbocycles. The molecule has 43 heavy (non-hydrogen) atoms. The van der Waals surface area contributed by atoms with Crippen LogP contribution in [0.25, 0.3) is 0 Å². The maximum Gasteiger partial charge on any atom is 0.329 e. The van der Waals surface area contributed by atoms with E-state index in [1.165, 1.54) is 6.42 Å². The number of carbonyl (C=O) groups is 4. The molecule has 2 aliphatic heterocycles. The predicted molar refractivity (Wildman–Crippen MR) is 169 cm³/mol. The quantitative estimate of drug-likeness (QED) is 0.272. The molecule has 9 heteroatoms. The molecule has 9 nitrogen and oxygen atoms in total. The fourth-order valence-electron chi connectivity index (χ4n) is 6.97. The molecule has 0 bridgehead atoms. The van der Waals surface area contributed by atoms with Crippen LogP contribution in [0.5, 0.6) is 0 Å². The number of piperidine rings is 1. The number of esters is 1.